The smallest absolute Gasteiger partial charge is 0.338 e. The molecule has 0 saturated carbocycles. The molecule has 0 aliphatic heterocycles. The van der Waals surface area contributed by atoms with E-state index < -0.39 is 12.1 Å². The van der Waals surface area contributed by atoms with Gasteiger partial charge in [-0.05, 0) is 42.6 Å². The highest BCUT2D eigenvalue weighted by Gasteiger charge is 2.19. The van der Waals surface area contributed by atoms with Crippen molar-refractivity contribution >= 4 is 38.9 Å². The van der Waals surface area contributed by atoms with Crippen LogP contribution in [0.3, 0.4) is 0 Å². The van der Waals surface area contributed by atoms with Crippen molar-refractivity contribution in [2.24, 2.45) is 0 Å². The summed E-state index contributed by atoms with van der Waals surface area (Å²) in [5.41, 5.74) is 0.908. The van der Waals surface area contributed by atoms with Crippen LogP contribution in [0.5, 0.6) is 5.75 Å². The number of nitrogens with one attached hydrogen (secondary N) is 1. The number of phenols is 1. The second kappa shape index (κ2) is 6.98. The normalized spacial score (nSPS) is 12.2. The maximum atomic E-state index is 12.6. The third-order valence-corrected chi connectivity index (χ3v) is 5.80. The van der Waals surface area contributed by atoms with E-state index in [1.807, 2.05) is 22.9 Å². The van der Waals surface area contributed by atoms with Crippen LogP contribution in [0.15, 0.2) is 52.0 Å². The Kier molecular flexibility index (Phi) is 4.51. The van der Waals surface area contributed by atoms with E-state index in [1.54, 1.807) is 18.3 Å². The largest absolute Gasteiger partial charge is 0.508 e. The highest BCUT2D eigenvalue weighted by molar-refractivity contribution is 7.18. The molecular weight excluding hydrogens is 384 g/mol. The summed E-state index contributed by atoms with van der Waals surface area (Å²) in [4.78, 5) is 33.7. The van der Waals surface area contributed by atoms with Gasteiger partial charge in [0.05, 0.1) is 10.9 Å². The summed E-state index contributed by atoms with van der Waals surface area (Å²) in [5, 5.41) is 13.7. The van der Waals surface area contributed by atoms with Gasteiger partial charge in [0.25, 0.3) is 5.56 Å². The van der Waals surface area contributed by atoms with Crippen LogP contribution in [0.1, 0.15) is 29.2 Å². The molecular formula is C19H14N2O4S2. The number of aromatic nitrogens is 2. The molecule has 1 atom stereocenters. The Bertz CT molecular complexity index is 1160. The fourth-order valence-electron chi connectivity index (χ4n) is 2.65. The molecule has 6 nitrogen and oxygen atoms in total. The first kappa shape index (κ1) is 17.4. The number of carbonyl (C=O) groups excluding carboxylic acids is 1. The lowest BCUT2D eigenvalue weighted by Gasteiger charge is -2.12. The Morgan fingerprint density at radius 1 is 1.22 bits per heavy atom. The molecule has 0 aliphatic rings. The summed E-state index contributed by atoms with van der Waals surface area (Å²) in [5.74, 6) is -0.204. The number of esters is 1. The van der Waals surface area contributed by atoms with Crippen LogP contribution in [0, 0.1) is 0 Å². The van der Waals surface area contributed by atoms with E-state index in [9.17, 15) is 14.7 Å². The van der Waals surface area contributed by atoms with Crippen molar-refractivity contribution in [3.05, 3.63) is 68.9 Å². The topological polar surface area (TPSA) is 92.3 Å². The zero-order valence-corrected chi connectivity index (χ0v) is 15.8. The number of ether oxygens (including phenoxy) is 1. The first-order chi connectivity index (χ1) is 13.0. The Morgan fingerprint density at radius 3 is 2.70 bits per heavy atom. The molecule has 136 valence electrons. The van der Waals surface area contributed by atoms with E-state index >= 15 is 0 Å². The first-order valence-corrected chi connectivity index (χ1v) is 9.84. The van der Waals surface area contributed by atoms with E-state index in [1.165, 1.54) is 35.6 Å². The molecule has 0 radical (unpaired) electrons. The molecule has 0 spiro atoms. The lowest BCUT2D eigenvalue weighted by molar-refractivity contribution is 0.0320. The molecule has 0 unspecified atom stereocenters. The number of rotatable bonds is 4. The maximum absolute atomic E-state index is 12.6. The summed E-state index contributed by atoms with van der Waals surface area (Å²) >= 11 is 2.94. The van der Waals surface area contributed by atoms with Crippen molar-refractivity contribution in [2.45, 2.75) is 13.0 Å². The molecule has 0 saturated heterocycles. The predicted octanol–water partition coefficient (Wildman–Crippen LogP) is 4.34. The molecule has 8 heteroatoms. The van der Waals surface area contributed by atoms with Gasteiger partial charge in [-0.1, -0.05) is 6.07 Å². The quantitative estimate of drug-likeness (QED) is 0.499. The van der Waals surface area contributed by atoms with E-state index in [2.05, 4.69) is 9.97 Å². The van der Waals surface area contributed by atoms with Crippen LogP contribution in [-0.2, 0) is 4.74 Å². The standard InChI is InChI=1S/C19H14N2O4S2/c1-10(25-19(24)11-4-6-12(22)7-5-11)16-20-17(23)15-13(9-27-18(15)21-16)14-3-2-8-26-14/h2-10,22H,1H3,(H,20,21,23)/t10-/m1/s1. The zero-order chi connectivity index (χ0) is 19.0. The van der Waals surface area contributed by atoms with Gasteiger partial charge in [0, 0.05) is 15.8 Å². The minimum absolute atomic E-state index is 0.0651. The van der Waals surface area contributed by atoms with Gasteiger partial charge in [-0.15, -0.1) is 22.7 Å². The lowest BCUT2D eigenvalue weighted by Crippen LogP contribution is -2.17. The molecule has 4 rings (SSSR count). The monoisotopic (exact) mass is 398 g/mol. The van der Waals surface area contributed by atoms with Gasteiger partial charge in [0.15, 0.2) is 11.9 Å². The highest BCUT2D eigenvalue weighted by Crippen LogP contribution is 2.33. The molecule has 3 aromatic heterocycles. The van der Waals surface area contributed by atoms with Gasteiger partial charge >= 0.3 is 5.97 Å². The van der Waals surface area contributed by atoms with Crippen LogP contribution in [0.4, 0.5) is 0 Å². The number of H-pyrrole nitrogens is 1. The Morgan fingerprint density at radius 2 is 2.00 bits per heavy atom. The molecule has 3 heterocycles. The summed E-state index contributed by atoms with van der Waals surface area (Å²) in [6.45, 7) is 1.65. The summed E-state index contributed by atoms with van der Waals surface area (Å²) < 4.78 is 5.40. The lowest BCUT2D eigenvalue weighted by atomic mass is 10.2. The van der Waals surface area contributed by atoms with Crippen molar-refractivity contribution in [1.82, 2.24) is 9.97 Å². The fourth-order valence-corrected chi connectivity index (χ4v) is 4.42. The average molecular weight is 398 g/mol. The van der Waals surface area contributed by atoms with E-state index in [4.69, 9.17) is 4.74 Å². The summed E-state index contributed by atoms with van der Waals surface area (Å²) in [6, 6.07) is 9.65. The molecule has 0 aliphatic carbocycles. The summed E-state index contributed by atoms with van der Waals surface area (Å²) in [6.07, 6.45) is -0.726. The second-order valence-corrected chi connectivity index (χ2v) is 7.66. The minimum atomic E-state index is -0.726. The first-order valence-electron chi connectivity index (χ1n) is 8.08. The molecule has 4 aromatic rings. The summed E-state index contributed by atoms with van der Waals surface area (Å²) in [7, 11) is 0. The molecule has 1 aromatic carbocycles. The van der Waals surface area contributed by atoms with E-state index in [0.717, 1.165) is 10.4 Å². The van der Waals surface area contributed by atoms with E-state index in [-0.39, 0.29) is 11.3 Å². The third-order valence-electron chi connectivity index (χ3n) is 4.02. The van der Waals surface area contributed by atoms with Gasteiger partial charge in [-0.3, -0.25) is 4.79 Å². The van der Waals surface area contributed by atoms with Gasteiger partial charge in [-0.25, -0.2) is 9.78 Å². The Balaban J connectivity index is 1.63. The number of thiophene rings is 2. The maximum Gasteiger partial charge on any atom is 0.338 e. The number of hydrogen-bond acceptors (Lipinski definition) is 7. The van der Waals surface area contributed by atoms with Crippen molar-refractivity contribution < 1.29 is 14.6 Å². The van der Waals surface area contributed by atoms with Crippen molar-refractivity contribution in [3.63, 3.8) is 0 Å². The van der Waals surface area contributed by atoms with Crippen LogP contribution in [0.25, 0.3) is 20.7 Å². The predicted molar refractivity (Wildman–Crippen MR) is 105 cm³/mol. The van der Waals surface area contributed by atoms with Crippen molar-refractivity contribution in [2.75, 3.05) is 0 Å². The van der Waals surface area contributed by atoms with Crippen LogP contribution < -0.4 is 5.56 Å². The Hall–Kier alpha value is -2.97. The van der Waals surface area contributed by atoms with Crippen molar-refractivity contribution in [1.29, 1.82) is 0 Å². The highest BCUT2D eigenvalue weighted by atomic mass is 32.1. The number of fused-ring (bicyclic) bond motifs is 1. The molecule has 0 amide bonds. The molecule has 0 fully saturated rings. The molecule has 27 heavy (non-hydrogen) atoms. The minimum Gasteiger partial charge on any atom is -0.508 e. The second-order valence-electron chi connectivity index (χ2n) is 5.85. The van der Waals surface area contributed by atoms with Gasteiger partial charge in [0.1, 0.15) is 10.6 Å². The van der Waals surface area contributed by atoms with Crippen LogP contribution in [-0.4, -0.2) is 21.0 Å². The number of carbonyl (C=O) groups is 1. The SMILES string of the molecule is C[C@@H](OC(=O)c1ccc(O)cc1)c1nc2scc(-c3cccs3)c2c(=O)[nH]1. The average Bonchev–Trinajstić information content (AvgIpc) is 3.31. The van der Waals surface area contributed by atoms with Gasteiger partial charge < -0.3 is 14.8 Å². The van der Waals surface area contributed by atoms with Crippen LogP contribution in [0.2, 0.25) is 0 Å². The van der Waals surface area contributed by atoms with E-state index in [0.29, 0.717) is 21.6 Å². The Labute approximate surface area is 161 Å². The van der Waals surface area contributed by atoms with Gasteiger partial charge in [0.2, 0.25) is 0 Å². The fraction of sp³-hybridized carbons (Fsp3) is 0.105. The molecule has 2 N–H and O–H groups in total. The third kappa shape index (κ3) is 3.36. The van der Waals surface area contributed by atoms with Gasteiger partial charge in [-0.2, -0.15) is 0 Å². The van der Waals surface area contributed by atoms with Crippen LogP contribution >= 0.6 is 22.7 Å². The molecule has 0 bridgehead atoms. The number of hydrogen-bond donors (Lipinski definition) is 2. The number of aromatic amines is 1. The number of nitrogens with zero attached hydrogens (tertiary/aromatic N) is 1. The zero-order valence-electron chi connectivity index (χ0n) is 14.1. The van der Waals surface area contributed by atoms with Crippen molar-refractivity contribution in [3.8, 4) is 16.2 Å². The number of benzene rings is 1. The number of aromatic hydroxyl groups is 1. The number of phenolic OH excluding ortho intramolecular Hbond substituents is 1.